The second kappa shape index (κ2) is 4.31. The van der Waals surface area contributed by atoms with E-state index in [2.05, 4.69) is 10.1 Å². The molecule has 0 fully saturated rings. The van der Waals surface area contributed by atoms with Crippen LogP contribution in [-0.4, -0.2) is 14.7 Å². The molecule has 0 unspecified atom stereocenters. The first-order valence-electron chi connectivity index (χ1n) is 5.86. The quantitative estimate of drug-likeness (QED) is 0.729. The van der Waals surface area contributed by atoms with E-state index in [-0.39, 0.29) is 5.82 Å². The molecule has 1 N–H and O–H groups in total. The molecule has 0 spiro atoms. The van der Waals surface area contributed by atoms with Crippen molar-refractivity contribution in [1.29, 1.82) is 0 Å². The number of H-pyrrole nitrogens is 1. The molecule has 4 nitrogen and oxygen atoms in total. The lowest BCUT2D eigenvalue weighted by Crippen LogP contribution is -2.01. The summed E-state index contributed by atoms with van der Waals surface area (Å²) in [5, 5.41) is 3.93. The Hall–Kier alpha value is -1.95. The second-order valence-electron chi connectivity index (χ2n) is 4.48. The Labute approximate surface area is 113 Å². The number of hydrogen-bond acceptors (Lipinski definition) is 3. The lowest BCUT2D eigenvalue weighted by Gasteiger charge is -2.04. The highest BCUT2D eigenvalue weighted by atomic mass is 32.1. The maximum atomic E-state index is 13.2. The van der Waals surface area contributed by atoms with E-state index in [1.807, 2.05) is 18.4 Å². The zero-order chi connectivity index (χ0) is 13.6. The van der Waals surface area contributed by atoms with Gasteiger partial charge in [-0.25, -0.2) is 4.39 Å². The molecule has 0 saturated carbocycles. The van der Waals surface area contributed by atoms with Gasteiger partial charge < -0.3 is 14.1 Å². The van der Waals surface area contributed by atoms with Crippen LogP contribution in [0.3, 0.4) is 0 Å². The largest absolute Gasteiger partial charge is 0.361 e. The van der Waals surface area contributed by atoms with E-state index in [0.717, 1.165) is 22.5 Å². The van der Waals surface area contributed by atoms with Crippen LogP contribution in [0.5, 0.6) is 0 Å². The smallest absolute Gasteiger partial charge is 0.178 e. The van der Waals surface area contributed by atoms with Crippen molar-refractivity contribution in [2.24, 2.45) is 0 Å². The Kier molecular flexibility index (Phi) is 2.74. The maximum absolute atomic E-state index is 13.2. The van der Waals surface area contributed by atoms with Gasteiger partial charge in [0.25, 0.3) is 0 Å². The Balaban J connectivity index is 2.16. The molecule has 0 aliphatic carbocycles. The predicted molar refractivity (Wildman–Crippen MR) is 72.2 cm³/mol. The summed E-state index contributed by atoms with van der Waals surface area (Å²) in [6, 6.07) is 4.58. The molecule has 19 heavy (non-hydrogen) atoms. The summed E-state index contributed by atoms with van der Waals surface area (Å²) in [4.78, 5) is 3.01. The van der Waals surface area contributed by atoms with Gasteiger partial charge in [0.1, 0.15) is 11.6 Å². The first kappa shape index (κ1) is 12.1. The predicted octanol–water partition coefficient (Wildman–Crippen LogP) is 3.49. The summed E-state index contributed by atoms with van der Waals surface area (Å²) < 4.78 is 20.8. The normalized spacial score (nSPS) is 11.3. The molecule has 0 radical (unpaired) electrons. The van der Waals surface area contributed by atoms with Crippen molar-refractivity contribution in [3.05, 3.63) is 45.8 Å². The van der Waals surface area contributed by atoms with Crippen molar-refractivity contribution < 1.29 is 8.91 Å². The fourth-order valence-corrected chi connectivity index (χ4v) is 2.45. The fourth-order valence-electron chi connectivity index (χ4n) is 2.18. The van der Waals surface area contributed by atoms with E-state index in [9.17, 15) is 4.39 Å². The number of hydrogen-bond donors (Lipinski definition) is 1. The number of imidazole rings is 1. The van der Waals surface area contributed by atoms with Crippen LogP contribution < -0.4 is 0 Å². The average Bonchev–Trinajstić information content (AvgIpc) is 2.83. The van der Waals surface area contributed by atoms with E-state index >= 15 is 0 Å². The van der Waals surface area contributed by atoms with Gasteiger partial charge in [-0.05, 0) is 44.3 Å². The minimum absolute atomic E-state index is 0.284. The monoisotopic (exact) mass is 277 g/mol. The van der Waals surface area contributed by atoms with Crippen LogP contribution in [-0.2, 0) is 6.54 Å². The van der Waals surface area contributed by atoms with Gasteiger partial charge in [-0.15, -0.1) is 0 Å². The Bertz CT molecular complexity index is 796. The zero-order valence-electron chi connectivity index (χ0n) is 10.5. The lowest BCUT2D eigenvalue weighted by molar-refractivity contribution is 0.392. The van der Waals surface area contributed by atoms with Crippen LogP contribution in [0.15, 0.2) is 22.7 Å². The van der Waals surface area contributed by atoms with Gasteiger partial charge in [-0.2, -0.15) is 0 Å². The maximum Gasteiger partial charge on any atom is 0.178 e. The lowest BCUT2D eigenvalue weighted by atomic mass is 10.2. The molecule has 3 aromatic rings. The molecule has 0 aliphatic rings. The van der Waals surface area contributed by atoms with Gasteiger partial charge in [-0.3, -0.25) is 0 Å². The van der Waals surface area contributed by atoms with Gasteiger partial charge in [-0.1, -0.05) is 5.16 Å². The summed E-state index contributed by atoms with van der Waals surface area (Å²) in [5.41, 5.74) is 3.40. The molecule has 6 heteroatoms. The summed E-state index contributed by atoms with van der Waals surface area (Å²) in [6.45, 7) is 4.32. The topological polar surface area (TPSA) is 46.8 Å². The molecule has 3 rings (SSSR count). The molecule has 0 bridgehead atoms. The number of aromatic amines is 1. The Morgan fingerprint density at radius 3 is 2.89 bits per heavy atom. The molecule has 0 saturated heterocycles. The van der Waals surface area contributed by atoms with Crippen molar-refractivity contribution in [2.45, 2.75) is 20.4 Å². The van der Waals surface area contributed by atoms with Crippen LogP contribution in [0.2, 0.25) is 0 Å². The Morgan fingerprint density at radius 1 is 1.42 bits per heavy atom. The van der Waals surface area contributed by atoms with Gasteiger partial charge in [0, 0.05) is 5.56 Å². The second-order valence-corrected chi connectivity index (χ2v) is 4.87. The van der Waals surface area contributed by atoms with Crippen molar-refractivity contribution in [3.8, 4) is 0 Å². The molecule has 0 atom stereocenters. The third kappa shape index (κ3) is 1.98. The number of aryl methyl sites for hydroxylation is 2. The van der Waals surface area contributed by atoms with E-state index < -0.39 is 0 Å². The molecule has 2 heterocycles. The number of halogens is 1. The first-order chi connectivity index (χ1) is 9.06. The zero-order valence-corrected chi connectivity index (χ0v) is 11.3. The molecule has 1 aromatic carbocycles. The number of benzene rings is 1. The Morgan fingerprint density at radius 2 is 2.21 bits per heavy atom. The highest BCUT2D eigenvalue weighted by Gasteiger charge is 2.12. The van der Waals surface area contributed by atoms with Crippen molar-refractivity contribution in [3.63, 3.8) is 0 Å². The van der Waals surface area contributed by atoms with Crippen LogP contribution in [0.4, 0.5) is 4.39 Å². The molecule has 2 aromatic heterocycles. The standard InChI is InChI=1S/C13H12FN3OS/c1-7-10(8(2)18-16-7)6-17-12-4-3-9(14)5-11(12)15-13(17)19/h3-5H,6H2,1-2H3,(H,15,19). The molecule has 98 valence electrons. The number of rotatable bonds is 2. The van der Waals surface area contributed by atoms with E-state index in [1.54, 1.807) is 6.07 Å². The number of aromatic nitrogens is 3. The fraction of sp³-hybridized carbons (Fsp3) is 0.231. The molecule has 0 aliphatic heterocycles. The van der Waals surface area contributed by atoms with Crippen LogP contribution in [0.1, 0.15) is 17.0 Å². The molecular weight excluding hydrogens is 265 g/mol. The van der Waals surface area contributed by atoms with Crippen LogP contribution in [0, 0.1) is 24.4 Å². The number of nitrogens with one attached hydrogen (secondary N) is 1. The van der Waals surface area contributed by atoms with Crippen molar-refractivity contribution >= 4 is 23.3 Å². The van der Waals surface area contributed by atoms with E-state index in [4.69, 9.17) is 16.7 Å². The van der Waals surface area contributed by atoms with Crippen LogP contribution >= 0.6 is 12.2 Å². The summed E-state index contributed by atoms with van der Waals surface area (Å²) in [6.07, 6.45) is 0. The molecular formula is C13H12FN3OS. The minimum atomic E-state index is -0.284. The molecule has 0 amide bonds. The van der Waals surface area contributed by atoms with Crippen LogP contribution in [0.25, 0.3) is 11.0 Å². The van der Waals surface area contributed by atoms with Crippen molar-refractivity contribution in [1.82, 2.24) is 14.7 Å². The first-order valence-corrected chi connectivity index (χ1v) is 6.27. The number of nitrogens with zero attached hydrogens (tertiary/aromatic N) is 2. The number of fused-ring (bicyclic) bond motifs is 1. The van der Waals surface area contributed by atoms with E-state index in [1.165, 1.54) is 12.1 Å². The third-order valence-electron chi connectivity index (χ3n) is 3.23. The van der Waals surface area contributed by atoms with Gasteiger partial charge in [0.15, 0.2) is 4.77 Å². The highest BCUT2D eigenvalue weighted by Crippen LogP contribution is 2.20. The minimum Gasteiger partial charge on any atom is -0.361 e. The van der Waals surface area contributed by atoms with Gasteiger partial charge in [0.2, 0.25) is 0 Å². The van der Waals surface area contributed by atoms with Crippen molar-refractivity contribution in [2.75, 3.05) is 0 Å². The third-order valence-corrected chi connectivity index (χ3v) is 3.56. The summed E-state index contributed by atoms with van der Waals surface area (Å²) in [7, 11) is 0. The van der Waals surface area contributed by atoms with Gasteiger partial charge in [0.05, 0.1) is 23.3 Å². The summed E-state index contributed by atoms with van der Waals surface area (Å²) in [5.74, 6) is 0.490. The highest BCUT2D eigenvalue weighted by molar-refractivity contribution is 7.71. The van der Waals surface area contributed by atoms with E-state index in [0.29, 0.717) is 16.8 Å². The summed E-state index contributed by atoms with van der Waals surface area (Å²) >= 11 is 5.29. The average molecular weight is 277 g/mol. The van der Waals surface area contributed by atoms with Gasteiger partial charge >= 0.3 is 0 Å². The SMILES string of the molecule is Cc1noc(C)c1Cn1c(=S)[nH]c2cc(F)ccc21.